The molecule has 0 atom stereocenters. The molecule has 2 saturated heterocycles. The second kappa shape index (κ2) is 8.14. The standard InChI is InChI=1S/C23H26F3N5O3/c1-15-7-16(9-17(8-15)23(24,25)26)19-27-14-31(28-19)6-5-18(32)29-10-22(11-29)12-30(13-22)20(33)34-21(2,3)4/h5-9,14H,10-13H2,1-4H3/b6-5-. The fraction of sp³-hybridized carbons (Fsp3) is 0.478. The number of amides is 2. The van der Waals surface area contributed by atoms with Gasteiger partial charge in [0.1, 0.15) is 11.9 Å². The first-order chi connectivity index (χ1) is 15.7. The third kappa shape index (κ3) is 5.07. The molecular formula is C23H26F3N5O3. The monoisotopic (exact) mass is 477 g/mol. The van der Waals surface area contributed by atoms with Crippen molar-refractivity contribution >= 4 is 18.2 Å². The van der Waals surface area contributed by atoms with Crippen molar-refractivity contribution in [3.05, 3.63) is 41.7 Å². The van der Waals surface area contributed by atoms with Gasteiger partial charge in [0.05, 0.1) is 5.56 Å². The van der Waals surface area contributed by atoms with E-state index in [1.165, 1.54) is 23.3 Å². The first-order valence-corrected chi connectivity index (χ1v) is 10.8. The molecule has 2 aromatic rings. The summed E-state index contributed by atoms with van der Waals surface area (Å²) in [6.45, 7) is 9.21. The summed E-state index contributed by atoms with van der Waals surface area (Å²) in [7, 11) is 0. The third-order valence-corrected chi connectivity index (χ3v) is 5.61. The van der Waals surface area contributed by atoms with Crippen LogP contribution in [0.5, 0.6) is 0 Å². The molecule has 34 heavy (non-hydrogen) atoms. The fourth-order valence-corrected chi connectivity index (χ4v) is 4.14. The number of benzene rings is 1. The molecule has 2 aliphatic rings. The van der Waals surface area contributed by atoms with Crippen molar-refractivity contribution in [1.82, 2.24) is 24.6 Å². The normalized spacial score (nSPS) is 17.6. The molecule has 2 fully saturated rings. The molecule has 182 valence electrons. The lowest BCUT2D eigenvalue weighted by atomic mass is 9.73. The molecule has 2 aliphatic heterocycles. The Kier molecular flexibility index (Phi) is 5.69. The van der Waals surface area contributed by atoms with Gasteiger partial charge in [0, 0.05) is 49.4 Å². The molecule has 0 saturated carbocycles. The maximum absolute atomic E-state index is 13.1. The summed E-state index contributed by atoms with van der Waals surface area (Å²) in [5.74, 6) is -0.0841. The Morgan fingerprint density at radius 3 is 2.32 bits per heavy atom. The van der Waals surface area contributed by atoms with Crippen molar-refractivity contribution < 1.29 is 27.5 Å². The highest BCUT2D eigenvalue weighted by Gasteiger charge is 2.54. The van der Waals surface area contributed by atoms with Crippen LogP contribution in [0.4, 0.5) is 18.0 Å². The molecule has 0 unspecified atom stereocenters. The number of halogens is 3. The zero-order valence-electron chi connectivity index (χ0n) is 19.4. The molecule has 11 heteroatoms. The van der Waals surface area contributed by atoms with Gasteiger partial charge < -0.3 is 14.5 Å². The van der Waals surface area contributed by atoms with E-state index in [0.717, 1.165) is 12.1 Å². The van der Waals surface area contributed by atoms with E-state index in [2.05, 4.69) is 10.1 Å². The number of carbonyl (C=O) groups excluding carboxylic acids is 2. The molecule has 0 aliphatic carbocycles. The predicted octanol–water partition coefficient (Wildman–Crippen LogP) is 3.82. The highest BCUT2D eigenvalue weighted by atomic mass is 19.4. The minimum atomic E-state index is -4.46. The molecule has 0 bridgehead atoms. The SMILES string of the molecule is Cc1cc(-c2ncn(/C=C\C(=O)N3CC4(C3)CN(C(=O)OC(C)(C)C)C4)n2)cc(C(F)(F)F)c1. The Hall–Kier alpha value is -3.37. The molecule has 4 rings (SSSR count). The smallest absolute Gasteiger partial charge is 0.416 e. The summed E-state index contributed by atoms with van der Waals surface area (Å²) in [5, 5.41) is 4.16. The van der Waals surface area contributed by atoms with E-state index in [9.17, 15) is 22.8 Å². The molecule has 2 amide bonds. The summed E-state index contributed by atoms with van der Waals surface area (Å²) in [6.07, 6.45) is -0.725. The average Bonchev–Trinajstić information content (AvgIpc) is 3.10. The van der Waals surface area contributed by atoms with Crippen molar-refractivity contribution in [3.8, 4) is 11.4 Å². The molecule has 1 spiro atoms. The Bertz CT molecular complexity index is 1140. The van der Waals surface area contributed by atoms with Gasteiger partial charge in [0.2, 0.25) is 5.91 Å². The Labute approximate surface area is 195 Å². The first kappa shape index (κ1) is 23.8. The number of hydrogen-bond donors (Lipinski definition) is 0. The van der Waals surface area contributed by atoms with Crippen LogP contribution in [0.3, 0.4) is 0 Å². The second-order valence-corrected chi connectivity index (χ2v) is 9.98. The van der Waals surface area contributed by atoms with Gasteiger partial charge >= 0.3 is 12.3 Å². The van der Waals surface area contributed by atoms with E-state index in [-0.39, 0.29) is 28.8 Å². The Balaban J connectivity index is 1.31. The van der Waals surface area contributed by atoms with Gasteiger partial charge in [0.25, 0.3) is 0 Å². The van der Waals surface area contributed by atoms with E-state index in [1.54, 1.807) is 22.8 Å². The van der Waals surface area contributed by atoms with Gasteiger partial charge in [-0.2, -0.15) is 13.2 Å². The van der Waals surface area contributed by atoms with Crippen molar-refractivity contribution in [2.24, 2.45) is 5.41 Å². The summed E-state index contributed by atoms with van der Waals surface area (Å²) < 4.78 is 45.9. The number of hydrogen-bond acceptors (Lipinski definition) is 5. The van der Waals surface area contributed by atoms with Gasteiger partial charge in [-0.3, -0.25) is 4.79 Å². The van der Waals surface area contributed by atoms with Crippen LogP contribution in [0.2, 0.25) is 0 Å². The van der Waals surface area contributed by atoms with Gasteiger partial charge in [-0.15, -0.1) is 5.10 Å². The molecule has 1 aromatic carbocycles. The number of carbonyl (C=O) groups is 2. The highest BCUT2D eigenvalue weighted by molar-refractivity contribution is 5.91. The van der Waals surface area contributed by atoms with Crippen molar-refractivity contribution in [3.63, 3.8) is 0 Å². The van der Waals surface area contributed by atoms with Crippen LogP contribution in [0.15, 0.2) is 30.6 Å². The van der Waals surface area contributed by atoms with E-state index in [1.807, 2.05) is 20.8 Å². The Morgan fingerprint density at radius 1 is 1.06 bits per heavy atom. The largest absolute Gasteiger partial charge is 0.444 e. The molecule has 8 nitrogen and oxygen atoms in total. The van der Waals surface area contributed by atoms with Gasteiger partial charge in [-0.1, -0.05) is 0 Å². The van der Waals surface area contributed by atoms with Crippen molar-refractivity contribution in [2.75, 3.05) is 26.2 Å². The number of nitrogens with zero attached hydrogens (tertiary/aromatic N) is 5. The molecule has 0 N–H and O–H groups in total. The van der Waals surface area contributed by atoms with E-state index >= 15 is 0 Å². The van der Waals surface area contributed by atoms with Crippen molar-refractivity contribution in [2.45, 2.75) is 39.5 Å². The third-order valence-electron chi connectivity index (χ3n) is 5.61. The molecule has 3 heterocycles. The van der Waals surface area contributed by atoms with E-state index in [0.29, 0.717) is 31.7 Å². The van der Waals surface area contributed by atoms with Crippen LogP contribution in [0.25, 0.3) is 17.6 Å². The minimum Gasteiger partial charge on any atom is -0.444 e. The summed E-state index contributed by atoms with van der Waals surface area (Å²) in [5.41, 5.74) is -0.706. The van der Waals surface area contributed by atoms with Gasteiger partial charge in [-0.05, 0) is 51.5 Å². The van der Waals surface area contributed by atoms with E-state index in [4.69, 9.17) is 4.74 Å². The van der Waals surface area contributed by atoms with Gasteiger partial charge in [0.15, 0.2) is 5.82 Å². The van der Waals surface area contributed by atoms with Gasteiger partial charge in [-0.25, -0.2) is 14.5 Å². The number of aryl methyl sites for hydroxylation is 1. The van der Waals surface area contributed by atoms with E-state index < -0.39 is 17.3 Å². The van der Waals surface area contributed by atoms with Crippen LogP contribution in [0.1, 0.15) is 31.9 Å². The zero-order valence-corrected chi connectivity index (χ0v) is 19.4. The number of ether oxygens (including phenoxy) is 1. The molecular weight excluding hydrogens is 451 g/mol. The van der Waals surface area contributed by atoms with Crippen LogP contribution >= 0.6 is 0 Å². The Morgan fingerprint density at radius 2 is 1.71 bits per heavy atom. The fourth-order valence-electron chi connectivity index (χ4n) is 4.14. The first-order valence-electron chi connectivity index (χ1n) is 10.8. The molecule has 0 radical (unpaired) electrons. The predicted molar refractivity (Wildman–Crippen MR) is 117 cm³/mol. The highest BCUT2D eigenvalue weighted by Crippen LogP contribution is 2.40. The minimum absolute atomic E-state index is 0.0812. The zero-order chi connectivity index (χ0) is 24.9. The van der Waals surface area contributed by atoms with Crippen LogP contribution in [0, 0.1) is 12.3 Å². The van der Waals surface area contributed by atoms with Crippen LogP contribution in [-0.4, -0.2) is 68.3 Å². The summed E-state index contributed by atoms with van der Waals surface area (Å²) in [4.78, 5) is 31.9. The number of likely N-dealkylation sites (tertiary alicyclic amines) is 2. The second-order valence-electron chi connectivity index (χ2n) is 9.98. The average molecular weight is 477 g/mol. The maximum atomic E-state index is 13.1. The van der Waals surface area contributed by atoms with Crippen LogP contribution < -0.4 is 0 Å². The lowest BCUT2D eigenvalue weighted by Crippen LogP contribution is -2.73. The van der Waals surface area contributed by atoms with Crippen molar-refractivity contribution in [1.29, 1.82) is 0 Å². The number of rotatable bonds is 3. The lowest BCUT2D eigenvalue weighted by molar-refractivity contribution is -0.151. The number of aromatic nitrogens is 3. The molecule has 1 aromatic heterocycles. The maximum Gasteiger partial charge on any atom is 0.416 e. The van der Waals surface area contributed by atoms with Crippen LogP contribution in [-0.2, 0) is 15.7 Å². The lowest BCUT2D eigenvalue weighted by Gasteiger charge is -2.59. The number of alkyl halides is 3. The topological polar surface area (TPSA) is 80.6 Å². The quantitative estimate of drug-likeness (QED) is 0.628. The summed E-state index contributed by atoms with van der Waals surface area (Å²) >= 11 is 0. The summed E-state index contributed by atoms with van der Waals surface area (Å²) in [6, 6.07) is 3.64.